The zero-order valence-electron chi connectivity index (χ0n) is 14.3. The van der Waals surface area contributed by atoms with Crippen molar-refractivity contribution in [2.24, 2.45) is 0 Å². The molecule has 2 aliphatic heterocycles. The van der Waals surface area contributed by atoms with E-state index in [0.29, 0.717) is 6.04 Å². The van der Waals surface area contributed by atoms with E-state index < -0.39 is 0 Å². The summed E-state index contributed by atoms with van der Waals surface area (Å²) in [5.74, 6) is 1.80. The van der Waals surface area contributed by atoms with Gasteiger partial charge in [0.15, 0.2) is 5.82 Å². The minimum atomic E-state index is 0.462. The number of aryl methyl sites for hydroxylation is 1. The van der Waals surface area contributed by atoms with E-state index in [2.05, 4.69) is 33.6 Å². The van der Waals surface area contributed by atoms with E-state index in [1.807, 2.05) is 18.3 Å². The highest BCUT2D eigenvalue weighted by Crippen LogP contribution is 2.26. The maximum absolute atomic E-state index is 5.66. The summed E-state index contributed by atoms with van der Waals surface area (Å²) in [5, 5.41) is 0. The van der Waals surface area contributed by atoms with E-state index in [0.717, 1.165) is 67.9 Å². The van der Waals surface area contributed by atoms with E-state index in [4.69, 9.17) is 9.72 Å². The Hall–Kier alpha value is -2.05. The maximum atomic E-state index is 5.66. The molecule has 6 nitrogen and oxygen atoms in total. The zero-order chi connectivity index (χ0) is 16.5. The molecular formula is C18H23N5O. The Kier molecular flexibility index (Phi) is 4.16. The Morgan fingerprint density at radius 2 is 2.08 bits per heavy atom. The van der Waals surface area contributed by atoms with Crippen LogP contribution in [-0.4, -0.2) is 65.3 Å². The summed E-state index contributed by atoms with van der Waals surface area (Å²) in [6.45, 7) is 9.91. The van der Waals surface area contributed by atoms with Crippen molar-refractivity contribution >= 4 is 5.82 Å². The number of piperazine rings is 1. The number of fused-ring (bicyclic) bond motifs is 1. The van der Waals surface area contributed by atoms with Crippen LogP contribution in [-0.2, 0) is 4.74 Å². The lowest BCUT2D eigenvalue weighted by molar-refractivity contribution is -0.0118. The number of hydrogen-bond donors (Lipinski definition) is 0. The lowest BCUT2D eigenvalue weighted by atomic mass is 10.1. The molecule has 4 rings (SSSR count). The van der Waals surface area contributed by atoms with Gasteiger partial charge in [0.2, 0.25) is 0 Å². The fourth-order valence-electron chi connectivity index (χ4n) is 3.48. The lowest BCUT2D eigenvalue weighted by Crippen LogP contribution is -2.58. The Bertz CT molecular complexity index is 721. The first-order chi connectivity index (χ1) is 11.7. The van der Waals surface area contributed by atoms with Gasteiger partial charge in [0, 0.05) is 55.4 Å². The molecule has 0 radical (unpaired) electrons. The second-order valence-electron chi connectivity index (χ2n) is 6.53. The van der Waals surface area contributed by atoms with Gasteiger partial charge in [-0.05, 0) is 26.0 Å². The second-order valence-corrected chi connectivity index (χ2v) is 6.53. The average molecular weight is 325 g/mol. The highest BCUT2D eigenvalue weighted by molar-refractivity contribution is 5.59. The monoisotopic (exact) mass is 325 g/mol. The summed E-state index contributed by atoms with van der Waals surface area (Å²) in [6.07, 6.45) is 3.59. The number of aromatic nitrogens is 3. The molecule has 1 unspecified atom stereocenters. The minimum absolute atomic E-state index is 0.462. The number of anilines is 1. The molecular weight excluding hydrogens is 302 g/mol. The molecule has 0 amide bonds. The number of hydrogen-bond acceptors (Lipinski definition) is 6. The van der Waals surface area contributed by atoms with Crippen molar-refractivity contribution in [3.8, 4) is 11.4 Å². The Balaban J connectivity index is 1.66. The van der Waals surface area contributed by atoms with Gasteiger partial charge in [-0.1, -0.05) is 0 Å². The van der Waals surface area contributed by atoms with Crippen LogP contribution >= 0.6 is 0 Å². The van der Waals surface area contributed by atoms with Gasteiger partial charge in [0.1, 0.15) is 5.82 Å². The third-order valence-electron chi connectivity index (χ3n) is 5.02. The smallest absolute Gasteiger partial charge is 0.163 e. The van der Waals surface area contributed by atoms with Crippen molar-refractivity contribution in [3.05, 3.63) is 35.8 Å². The molecule has 0 aliphatic carbocycles. The van der Waals surface area contributed by atoms with Gasteiger partial charge >= 0.3 is 0 Å². The van der Waals surface area contributed by atoms with E-state index in [1.54, 1.807) is 6.20 Å². The number of nitrogens with zero attached hydrogens (tertiary/aromatic N) is 5. The summed E-state index contributed by atoms with van der Waals surface area (Å²) in [6, 6.07) is 4.39. The fourth-order valence-corrected chi connectivity index (χ4v) is 3.48. The topological polar surface area (TPSA) is 54.4 Å². The van der Waals surface area contributed by atoms with E-state index in [-0.39, 0.29) is 0 Å². The highest BCUT2D eigenvalue weighted by Gasteiger charge is 2.31. The third-order valence-corrected chi connectivity index (χ3v) is 5.02. The van der Waals surface area contributed by atoms with Crippen LogP contribution in [0.1, 0.15) is 11.3 Å². The van der Waals surface area contributed by atoms with Crippen molar-refractivity contribution < 1.29 is 4.74 Å². The summed E-state index contributed by atoms with van der Waals surface area (Å²) < 4.78 is 5.66. The Morgan fingerprint density at radius 3 is 2.92 bits per heavy atom. The van der Waals surface area contributed by atoms with Gasteiger partial charge in [0.25, 0.3) is 0 Å². The maximum Gasteiger partial charge on any atom is 0.163 e. The average Bonchev–Trinajstić information content (AvgIpc) is 2.64. The molecule has 126 valence electrons. The molecule has 0 aromatic carbocycles. The predicted molar refractivity (Wildman–Crippen MR) is 93.1 cm³/mol. The van der Waals surface area contributed by atoms with E-state index >= 15 is 0 Å². The largest absolute Gasteiger partial charge is 0.378 e. The molecule has 6 heteroatoms. The molecule has 2 fully saturated rings. The Labute approximate surface area is 142 Å². The number of morpholine rings is 1. The van der Waals surface area contributed by atoms with Crippen LogP contribution in [0.3, 0.4) is 0 Å². The predicted octanol–water partition coefficient (Wildman–Crippen LogP) is 1.68. The summed E-state index contributed by atoms with van der Waals surface area (Å²) in [4.78, 5) is 18.7. The molecule has 2 aromatic rings. The van der Waals surface area contributed by atoms with Crippen LogP contribution in [0, 0.1) is 13.8 Å². The molecule has 24 heavy (non-hydrogen) atoms. The van der Waals surface area contributed by atoms with Gasteiger partial charge in [-0.15, -0.1) is 0 Å². The van der Waals surface area contributed by atoms with Crippen LogP contribution in [0.15, 0.2) is 24.5 Å². The number of ether oxygens (including phenoxy) is 1. The molecule has 2 saturated heterocycles. The minimum Gasteiger partial charge on any atom is -0.378 e. The number of rotatable bonds is 2. The molecule has 0 spiro atoms. The van der Waals surface area contributed by atoms with Crippen molar-refractivity contribution in [1.82, 2.24) is 19.9 Å². The quantitative estimate of drug-likeness (QED) is 0.837. The van der Waals surface area contributed by atoms with Crippen LogP contribution in [0.4, 0.5) is 5.82 Å². The number of pyridine rings is 1. The summed E-state index contributed by atoms with van der Waals surface area (Å²) in [7, 11) is 0. The van der Waals surface area contributed by atoms with Crippen molar-refractivity contribution in [2.45, 2.75) is 19.9 Å². The normalized spacial score (nSPS) is 21.6. The first-order valence-electron chi connectivity index (χ1n) is 8.55. The van der Waals surface area contributed by atoms with Gasteiger partial charge in [0.05, 0.1) is 19.3 Å². The van der Waals surface area contributed by atoms with Crippen molar-refractivity contribution in [1.29, 1.82) is 0 Å². The van der Waals surface area contributed by atoms with Gasteiger partial charge in [-0.3, -0.25) is 9.88 Å². The van der Waals surface area contributed by atoms with E-state index in [9.17, 15) is 0 Å². The zero-order valence-corrected chi connectivity index (χ0v) is 14.3. The van der Waals surface area contributed by atoms with Gasteiger partial charge in [-0.25, -0.2) is 9.97 Å². The molecule has 0 saturated carbocycles. The molecule has 0 N–H and O–H groups in total. The van der Waals surface area contributed by atoms with Gasteiger partial charge in [-0.2, -0.15) is 0 Å². The standard InChI is InChI=1S/C18H23N5O/c1-13-14(2)20-17(15-4-3-5-19-10-15)21-18(13)23-7-6-22-8-9-24-12-16(22)11-23/h3-5,10,16H,6-9,11-12H2,1-2H3. The Morgan fingerprint density at radius 1 is 1.17 bits per heavy atom. The van der Waals surface area contributed by atoms with Crippen molar-refractivity contribution in [3.63, 3.8) is 0 Å². The van der Waals surface area contributed by atoms with Crippen LogP contribution in [0.5, 0.6) is 0 Å². The summed E-state index contributed by atoms with van der Waals surface area (Å²) >= 11 is 0. The van der Waals surface area contributed by atoms with Gasteiger partial charge < -0.3 is 9.64 Å². The van der Waals surface area contributed by atoms with E-state index in [1.165, 1.54) is 0 Å². The molecule has 2 aromatic heterocycles. The first-order valence-corrected chi connectivity index (χ1v) is 8.55. The summed E-state index contributed by atoms with van der Waals surface area (Å²) in [5.41, 5.74) is 3.15. The molecule has 2 aliphatic rings. The fraction of sp³-hybridized carbons (Fsp3) is 0.500. The van der Waals surface area contributed by atoms with Crippen LogP contribution in [0.25, 0.3) is 11.4 Å². The van der Waals surface area contributed by atoms with Crippen LogP contribution < -0.4 is 4.90 Å². The second kappa shape index (κ2) is 6.45. The molecule has 0 bridgehead atoms. The molecule has 4 heterocycles. The SMILES string of the molecule is Cc1nc(-c2cccnc2)nc(N2CCN3CCOCC3C2)c1C. The lowest BCUT2D eigenvalue weighted by Gasteiger charge is -2.44. The van der Waals surface area contributed by atoms with Crippen LogP contribution in [0.2, 0.25) is 0 Å². The third kappa shape index (κ3) is 2.87. The highest BCUT2D eigenvalue weighted by atomic mass is 16.5. The molecule has 1 atom stereocenters. The van der Waals surface area contributed by atoms with Crippen molar-refractivity contribution in [2.75, 3.05) is 44.3 Å². The first kappa shape index (κ1) is 15.5.